The predicted molar refractivity (Wildman–Crippen MR) is 154 cm³/mol. The summed E-state index contributed by atoms with van der Waals surface area (Å²) in [4.78, 5) is 13.5. The van der Waals surface area contributed by atoms with Crippen LogP contribution in [0.15, 0.2) is 127 Å². The maximum absolute atomic E-state index is 8.60. The van der Waals surface area contributed by atoms with Gasteiger partial charge in [0.25, 0.3) is 0 Å². The zero-order valence-corrected chi connectivity index (χ0v) is 19.5. The number of hydrogen-bond donors (Lipinski definition) is 0. The first kappa shape index (κ1) is 11.2. The van der Waals surface area contributed by atoms with Gasteiger partial charge in [-0.3, -0.25) is 0 Å². The molecule has 0 radical (unpaired) electrons. The van der Waals surface area contributed by atoms with E-state index in [9.17, 15) is 0 Å². The maximum Gasteiger partial charge on any atom is 0.164 e. The second-order valence-corrected chi connectivity index (χ2v) is 8.82. The van der Waals surface area contributed by atoms with Gasteiger partial charge in [-0.25, -0.2) is 15.0 Å². The summed E-state index contributed by atoms with van der Waals surface area (Å²) in [5, 5.41) is 1.15. The van der Waals surface area contributed by atoms with Gasteiger partial charge in [0.05, 0.1) is 20.6 Å². The number of benzene rings is 5. The molecule has 0 N–H and O–H groups in total. The summed E-state index contributed by atoms with van der Waals surface area (Å²) < 4.78 is 126. The SMILES string of the molecule is [2H]c1c([2H])c([2H])c(-c2nc(-c3c([2H])c([2H])c([2H])c([2H])c3[2H])nc(-c3cccc4sc5c(-c6c([2H])c([2H])c([2H])c([2H])c6[2H])cccc5c34)n2)c([2H])c1[2H]. The second kappa shape index (κ2) is 9.08. The van der Waals surface area contributed by atoms with E-state index in [2.05, 4.69) is 15.0 Å². The van der Waals surface area contributed by atoms with Crippen molar-refractivity contribution in [3.05, 3.63) is 127 Å². The van der Waals surface area contributed by atoms with E-state index in [1.807, 2.05) is 0 Å². The Morgan fingerprint density at radius 3 is 1.65 bits per heavy atom. The van der Waals surface area contributed by atoms with Crippen LogP contribution in [0.4, 0.5) is 0 Å². The lowest BCUT2D eigenvalue weighted by Gasteiger charge is -2.09. The summed E-state index contributed by atoms with van der Waals surface area (Å²) in [5.74, 6) is -0.919. The number of nitrogens with zero attached hydrogens (tertiary/aromatic N) is 3. The Morgan fingerprint density at radius 1 is 0.514 bits per heavy atom. The quantitative estimate of drug-likeness (QED) is 0.239. The first-order valence-electron chi connectivity index (χ1n) is 18.5. The summed E-state index contributed by atoms with van der Waals surface area (Å²) >= 11 is 1.28. The molecule has 0 unspecified atom stereocenters. The third-order valence-corrected chi connectivity index (χ3v) is 6.82. The van der Waals surface area contributed by atoms with Gasteiger partial charge in [-0.15, -0.1) is 11.3 Å². The van der Waals surface area contributed by atoms with E-state index in [1.54, 1.807) is 36.4 Å². The third-order valence-electron chi connectivity index (χ3n) is 5.62. The van der Waals surface area contributed by atoms with Crippen molar-refractivity contribution in [1.29, 1.82) is 0 Å². The lowest BCUT2D eigenvalue weighted by atomic mass is 10.0. The molecule has 2 aromatic heterocycles. The van der Waals surface area contributed by atoms with Crippen LogP contribution in [-0.4, -0.2) is 15.0 Å². The van der Waals surface area contributed by atoms with E-state index in [1.165, 1.54) is 11.3 Å². The zero-order valence-electron chi connectivity index (χ0n) is 33.7. The number of hydrogen-bond acceptors (Lipinski definition) is 4. The van der Waals surface area contributed by atoms with Gasteiger partial charge in [0, 0.05) is 36.9 Å². The molecule has 0 aliphatic rings. The van der Waals surface area contributed by atoms with Crippen LogP contribution in [0, 0.1) is 0 Å². The van der Waals surface area contributed by atoms with Gasteiger partial charge in [-0.05, 0) is 17.2 Å². The van der Waals surface area contributed by atoms with Crippen molar-refractivity contribution in [3.8, 4) is 45.3 Å². The van der Waals surface area contributed by atoms with Crippen LogP contribution < -0.4 is 0 Å². The van der Waals surface area contributed by atoms with Gasteiger partial charge in [-0.2, -0.15) is 0 Å². The van der Waals surface area contributed by atoms with Gasteiger partial charge in [0.2, 0.25) is 0 Å². The lowest BCUT2D eigenvalue weighted by molar-refractivity contribution is 1.08. The molecule has 0 saturated carbocycles. The first-order chi connectivity index (χ1) is 24.6. The van der Waals surface area contributed by atoms with Crippen molar-refractivity contribution in [1.82, 2.24) is 15.0 Å². The van der Waals surface area contributed by atoms with Crippen molar-refractivity contribution in [2.45, 2.75) is 0 Å². The lowest BCUT2D eigenvalue weighted by Crippen LogP contribution is -2.00. The molecule has 0 saturated heterocycles. The van der Waals surface area contributed by atoms with E-state index in [4.69, 9.17) is 20.6 Å². The smallest absolute Gasteiger partial charge is 0.164 e. The largest absolute Gasteiger partial charge is 0.208 e. The molecule has 3 nitrogen and oxygen atoms in total. The number of fused-ring (bicyclic) bond motifs is 3. The van der Waals surface area contributed by atoms with Gasteiger partial charge >= 0.3 is 0 Å². The van der Waals surface area contributed by atoms with E-state index in [-0.39, 0.29) is 23.5 Å². The Bertz CT molecular complexity index is 2540. The minimum atomic E-state index is -0.659. The molecule has 0 atom stereocenters. The van der Waals surface area contributed by atoms with E-state index in [0.717, 1.165) is 0 Å². The van der Waals surface area contributed by atoms with Crippen molar-refractivity contribution >= 4 is 31.5 Å². The predicted octanol–water partition coefficient (Wildman–Crippen LogP) is 8.91. The molecule has 0 aliphatic carbocycles. The van der Waals surface area contributed by atoms with Gasteiger partial charge < -0.3 is 0 Å². The summed E-state index contributed by atoms with van der Waals surface area (Å²) in [7, 11) is 0. The highest BCUT2D eigenvalue weighted by atomic mass is 32.1. The van der Waals surface area contributed by atoms with Crippen LogP contribution in [0.5, 0.6) is 0 Å². The van der Waals surface area contributed by atoms with Crippen LogP contribution >= 0.6 is 11.3 Å². The average Bonchev–Trinajstić information content (AvgIpc) is 3.53. The van der Waals surface area contributed by atoms with Crippen LogP contribution in [0.25, 0.3) is 65.5 Å². The highest BCUT2D eigenvalue weighted by Gasteiger charge is 2.18. The molecule has 4 heteroatoms. The Labute approximate surface area is 239 Å². The minimum Gasteiger partial charge on any atom is -0.208 e. The average molecular weight is 507 g/mol. The molecule has 7 rings (SSSR count). The Morgan fingerprint density at radius 2 is 1.03 bits per heavy atom. The zero-order chi connectivity index (χ0) is 37.7. The summed E-state index contributed by atoms with van der Waals surface area (Å²) in [6.07, 6.45) is 0. The molecule has 0 spiro atoms. The molecule has 7 aromatic rings. The Balaban J connectivity index is 1.59. The number of aromatic nitrogens is 3. The molecule has 5 aromatic carbocycles. The van der Waals surface area contributed by atoms with Crippen molar-refractivity contribution in [2.24, 2.45) is 0 Å². The topological polar surface area (TPSA) is 38.7 Å². The van der Waals surface area contributed by atoms with Gasteiger partial charge in [0.15, 0.2) is 17.5 Å². The van der Waals surface area contributed by atoms with E-state index < -0.39 is 101 Å². The highest BCUT2D eigenvalue weighted by molar-refractivity contribution is 7.26. The Kier molecular flexibility index (Phi) is 2.74. The normalized spacial score (nSPS) is 16.9. The van der Waals surface area contributed by atoms with Crippen LogP contribution in [0.3, 0.4) is 0 Å². The molecule has 0 aliphatic heterocycles. The molecular weight excluding hydrogens is 470 g/mol. The summed E-state index contributed by atoms with van der Waals surface area (Å²) in [6.45, 7) is 0. The monoisotopic (exact) mass is 506 g/mol. The standard InChI is InChI=1S/C33H21N3S/c1-4-12-22(13-5-1)25-18-10-19-26-29-27(20-11-21-28(29)37-30(25)26)33-35-31(23-14-6-2-7-15-23)34-32(36-33)24-16-8-3-9-17-24/h1-21H/i1D,2D,3D,4D,5D,6D,7D,8D,9D,12D,13D,14D,15D,16D,17D. The molecule has 0 bridgehead atoms. The fraction of sp³-hybridized carbons (Fsp3) is 0. The summed E-state index contributed by atoms with van der Waals surface area (Å²) in [6, 6.07) is 1.54. The minimum absolute atomic E-state index is 0.0109. The molecular formula is C33H21N3S. The molecule has 174 valence electrons. The second-order valence-electron chi connectivity index (χ2n) is 7.77. The van der Waals surface area contributed by atoms with Crippen molar-refractivity contribution < 1.29 is 20.6 Å². The van der Waals surface area contributed by atoms with Crippen LogP contribution in [-0.2, 0) is 0 Å². The van der Waals surface area contributed by atoms with Crippen LogP contribution in [0.2, 0.25) is 0 Å². The fourth-order valence-corrected chi connectivity index (χ4v) is 5.31. The molecule has 0 amide bonds. The number of rotatable bonds is 4. The Hall–Kier alpha value is -4.67. The molecule has 0 fully saturated rings. The van der Waals surface area contributed by atoms with E-state index >= 15 is 0 Å². The summed E-state index contributed by atoms with van der Waals surface area (Å²) in [5.41, 5.74) is -0.0523. The number of thiophene rings is 1. The van der Waals surface area contributed by atoms with Crippen molar-refractivity contribution in [3.63, 3.8) is 0 Å². The first-order valence-corrected chi connectivity index (χ1v) is 11.8. The van der Waals surface area contributed by atoms with E-state index in [0.29, 0.717) is 31.3 Å². The molecule has 2 heterocycles. The fourth-order valence-electron chi connectivity index (χ4n) is 4.06. The molecule has 37 heavy (non-hydrogen) atoms. The third kappa shape index (κ3) is 3.88. The highest BCUT2D eigenvalue weighted by Crippen LogP contribution is 2.43. The van der Waals surface area contributed by atoms with Gasteiger partial charge in [0.1, 0.15) is 0 Å². The van der Waals surface area contributed by atoms with Gasteiger partial charge in [-0.1, -0.05) is 121 Å². The van der Waals surface area contributed by atoms with Crippen molar-refractivity contribution in [2.75, 3.05) is 0 Å². The maximum atomic E-state index is 8.60. The van der Waals surface area contributed by atoms with Crippen LogP contribution in [0.1, 0.15) is 20.6 Å².